The van der Waals surface area contributed by atoms with Crippen LogP contribution in [0.3, 0.4) is 0 Å². The van der Waals surface area contributed by atoms with Crippen LogP contribution in [0.15, 0.2) is 12.1 Å². The molecule has 130 valence electrons. The Labute approximate surface area is 145 Å². The molecular weight excluding hydrogens is 368 g/mol. The van der Waals surface area contributed by atoms with Crippen LogP contribution in [-0.4, -0.2) is 21.7 Å². The molecule has 1 saturated carbocycles. The van der Waals surface area contributed by atoms with Gasteiger partial charge in [0.2, 0.25) is 5.82 Å². The van der Waals surface area contributed by atoms with E-state index >= 15 is 0 Å². The molecule has 3 rings (SSSR count). The van der Waals surface area contributed by atoms with Crippen LogP contribution in [0.4, 0.5) is 18.0 Å². The van der Waals surface area contributed by atoms with Crippen molar-refractivity contribution in [1.82, 2.24) is 9.55 Å². The van der Waals surface area contributed by atoms with Crippen molar-refractivity contribution >= 4 is 40.3 Å². The molecule has 2 aromatic rings. The third-order valence-corrected chi connectivity index (χ3v) is 4.77. The van der Waals surface area contributed by atoms with E-state index in [4.69, 9.17) is 27.9 Å². The number of nitrogens with zero attached hydrogens (tertiary/aromatic N) is 2. The van der Waals surface area contributed by atoms with Crippen LogP contribution >= 0.6 is 23.2 Å². The number of aromatic nitrogens is 2. The smallest absolute Gasteiger partial charge is 0.446 e. The van der Waals surface area contributed by atoms with Gasteiger partial charge in [0.1, 0.15) is 11.6 Å². The molecule has 24 heavy (non-hydrogen) atoms. The largest absolute Gasteiger partial charge is 0.450 e. The number of carbonyl (C=O) groups is 1. The summed E-state index contributed by atoms with van der Waals surface area (Å²) in [6.07, 6.45) is -2.22. The minimum Gasteiger partial charge on any atom is -0.446 e. The summed E-state index contributed by atoms with van der Waals surface area (Å²) in [5, 5.41) is -0.0768. The van der Waals surface area contributed by atoms with Gasteiger partial charge in [0.15, 0.2) is 0 Å². The number of alkyl halides is 3. The zero-order valence-corrected chi connectivity index (χ0v) is 13.9. The lowest BCUT2D eigenvalue weighted by atomic mass is 9.98. The summed E-state index contributed by atoms with van der Waals surface area (Å²) >= 11 is 11.8. The van der Waals surface area contributed by atoms with Gasteiger partial charge in [-0.1, -0.05) is 29.6 Å². The summed E-state index contributed by atoms with van der Waals surface area (Å²) in [7, 11) is 0. The quantitative estimate of drug-likeness (QED) is 0.639. The first-order chi connectivity index (χ1) is 11.3. The molecule has 0 radical (unpaired) electrons. The molecule has 4 nitrogen and oxygen atoms in total. The van der Waals surface area contributed by atoms with Crippen molar-refractivity contribution in [2.75, 3.05) is 0 Å². The number of rotatable bonds is 1. The van der Waals surface area contributed by atoms with E-state index in [1.807, 2.05) is 0 Å². The standard InChI is InChI=1S/C15H13Cl2F3N2O2/c16-9-6-7-10-12(11(9)17)21-13(15(18,19)20)22(10)14(23)24-8-4-2-1-3-5-8/h6-8H,1-5H2. The fourth-order valence-corrected chi connectivity index (χ4v) is 3.19. The summed E-state index contributed by atoms with van der Waals surface area (Å²) in [4.78, 5) is 15.9. The van der Waals surface area contributed by atoms with E-state index in [-0.39, 0.29) is 27.2 Å². The average Bonchev–Trinajstić information content (AvgIpc) is 2.92. The Bertz CT molecular complexity index is 783. The van der Waals surface area contributed by atoms with Crippen molar-refractivity contribution in [3.8, 4) is 0 Å². The number of carbonyl (C=O) groups excluding carboxylic acids is 1. The number of imidazole rings is 1. The lowest BCUT2D eigenvalue weighted by molar-refractivity contribution is -0.146. The molecule has 1 heterocycles. The molecule has 1 aromatic heterocycles. The van der Waals surface area contributed by atoms with Gasteiger partial charge in [0, 0.05) is 0 Å². The van der Waals surface area contributed by atoms with Gasteiger partial charge < -0.3 is 4.74 Å². The number of benzene rings is 1. The lowest BCUT2D eigenvalue weighted by Crippen LogP contribution is -2.27. The third-order valence-electron chi connectivity index (χ3n) is 3.97. The Morgan fingerprint density at radius 1 is 1.21 bits per heavy atom. The fraction of sp³-hybridized carbons (Fsp3) is 0.467. The first-order valence-electron chi connectivity index (χ1n) is 7.43. The zero-order valence-electron chi connectivity index (χ0n) is 12.4. The van der Waals surface area contributed by atoms with E-state index in [1.54, 1.807) is 0 Å². The minimum atomic E-state index is -4.83. The number of hydrogen-bond acceptors (Lipinski definition) is 3. The van der Waals surface area contributed by atoms with Crippen molar-refractivity contribution in [3.05, 3.63) is 28.0 Å². The maximum absolute atomic E-state index is 13.3. The number of fused-ring (bicyclic) bond motifs is 1. The predicted octanol–water partition coefficient (Wildman–Crippen LogP) is 5.68. The second kappa shape index (κ2) is 6.44. The maximum atomic E-state index is 13.3. The summed E-state index contributed by atoms with van der Waals surface area (Å²) in [5.74, 6) is -1.37. The van der Waals surface area contributed by atoms with Crippen molar-refractivity contribution in [2.24, 2.45) is 0 Å². The Morgan fingerprint density at radius 2 is 1.88 bits per heavy atom. The Balaban J connectivity index is 2.07. The fourth-order valence-electron chi connectivity index (χ4n) is 2.84. The van der Waals surface area contributed by atoms with Gasteiger partial charge in [0.25, 0.3) is 0 Å². The molecule has 0 N–H and O–H groups in total. The van der Waals surface area contributed by atoms with Gasteiger partial charge >= 0.3 is 12.3 Å². The predicted molar refractivity (Wildman–Crippen MR) is 83.5 cm³/mol. The average molecular weight is 381 g/mol. The van der Waals surface area contributed by atoms with Crippen LogP contribution < -0.4 is 0 Å². The summed E-state index contributed by atoms with van der Waals surface area (Å²) < 4.78 is 45.6. The molecule has 1 aliphatic carbocycles. The van der Waals surface area contributed by atoms with E-state index in [0.717, 1.165) is 19.3 Å². The summed E-state index contributed by atoms with van der Waals surface area (Å²) in [6, 6.07) is 2.59. The highest BCUT2D eigenvalue weighted by atomic mass is 35.5. The van der Waals surface area contributed by atoms with Crippen LogP contribution in [0.25, 0.3) is 11.0 Å². The molecule has 0 atom stereocenters. The van der Waals surface area contributed by atoms with E-state index in [1.165, 1.54) is 12.1 Å². The van der Waals surface area contributed by atoms with Gasteiger partial charge in [-0.3, -0.25) is 0 Å². The monoisotopic (exact) mass is 380 g/mol. The van der Waals surface area contributed by atoms with E-state index in [2.05, 4.69) is 4.98 Å². The second-order valence-corrected chi connectivity index (χ2v) is 6.43. The van der Waals surface area contributed by atoms with Crippen molar-refractivity contribution in [2.45, 2.75) is 44.4 Å². The molecule has 9 heteroatoms. The van der Waals surface area contributed by atoms with E-state index in [0.29, 0.717) is 17.4 Å². The van der Waals surface area contributed by atoms with Crippen molar-refractivity contribution in [3.63, 3.8) is 0 Å². The molecule has 1 fully saturated rings. The van der Waals surface area contributed by atoms with Gasteiger partial charge in [-0.2, -0.15) is 13.2 Å². The molecule has 0 saturated heterocycles. The molecule has 0 spiro atoms. The molecular formula is C15H13Cl2F3N2O2. The van der Waals surface area contributed by atoms with E-state index in [9.17, 15) is 18.0 Å². The van der Waals surface area contributed by atoms with Crippen LogP contribution in [-0.2, 0) is 10.9 Å². The highest BCUT2D eigenvalue weighted by Crippen LogP contribution is 2.36. The van der Waals surface area contributed by atoms with Gasteiger partial charge in [-0.25, -0.2) is 14.3 Å². The highest BCUT2D eigenvalue weighted by molar-refractivity contribution is 6.45. The topological polar surface area (TPSA) is 44.1 Å². The summed E-state index contributed by atoms with van der Waals surface area (Å²) in [5.41, 5.74) is -0.269. The Kier molecular flexibility index (Phi) is 4.66. The van der Waals surface area contributed by atoms with E-state index < -0.39 is 18.1 Å². The van der Waals surface area contributed by atoms with Crippen LogP contribution in [0.5, 0.6) is 0 Å². The van der Waals surface area contributed by atoms with Crippen molar-refractivity contribution < 1.29 is 22.7 Å². The normalized spacial score (nSPS) is 16.5. The second-order valence-electron chi connectivity index (χ2n) is 5.64. The van der Waals surface area contributed by atoms with Gasteiger partial charge in [-0.15, -0.1) is 0 Å². The number of halogens is 5. The Morgan fingerprint density at radius 3 is 2.50 bits per heavy atom. The van der Waals surface area contributed by atoms with Crippen LogP contribution in [0.1, 0.15) is 37.9 Å². The molecule has 0 aliphatic heterocycles. The number of hydrogen-bond donors (Lipinski definition) is 0. The third kappa shape index (κ3) is 3.19. The molecule has 0 bridgehead atoms. The van der Waals surface area contributed by atoms with Crippen molar-refractivity contribution in [1.29, 1.82) is 0 Å². The molecule has 0 amide bonds. The first-order valence-corrected chi connectivity index (χ1v) is 8.19. The highest BCUT2D eigenvalue weighted by Gasteiger charge is 2.40. The lowest BCUT2D eigenvalue weighted by Gasteiger charge is -2.22. The minimum absolute atomic E-state index is 0.0585. The molecule has 0 unspecified atom stereocenters. The maximum Gasteiger partial charge on any atom is 0.450 e. The Hall–Kier alpha value is -1.47. The molecule has 1 aromatic carbocycles. The van der Waals surface area contributed by atoms with Gasteiger partial charge in [-0.05, 0) is 37.8 Å². The van der Waals surface area contributed by atoms with Gasteiger partial charge in [0.05, 0.1) is 15.6 Å². The molecule has 1 aliphatic rings. The summed E-state index contributed by atoms with van der Waals surface area (Å²) in [6.45, 7) is 0. The van der Waals surface area contributed by atoms with Crippen LogP contribution in [0, 0.1) is 0 Å². The number of ether oxygens (including phenoxy) is 1. The zero-order chi connectivity index (χ0) is 17.5. The SMILES string of the molecule is O=C(OC1CCCCC1)n1c(C(F)(F)F)nc2c(Cl)c(Cl)ccc21. The first kappa shape index (κ1) is 17.4. The van der Waals surface area contributed by atoms with Crippen LogP contribution in [0.2, 0.25) is 10.0 Å².